The van der Waals surface area contributed by atoms with E-state index in [4.69, 9.17) is 5.73 Å². The molecule has 1 aliphatic heterocycles. The maximum Gasteiger partial charge on any atom is 0.252 e. The average Bonchev–Trinajstić information content (AvgIpc) is 2.26. The summed E-state index contributed by atoms with van der Waals surface area (Å²) in [6.07, 6.45) is 1.05. The van der Waals surface area contributed by atoms with E-state index < -0.39 is 6.10 Å². The number of nitrogens with zero attached hydrogens (tertiary/aromatic N) is 2. The highest BCUT2D eigenvalue weighted by Gasteiger charge is 2.27. The molecule has 1 aliphatic rings. The Bertz CT molecular complexity index is 223. The zero-order valence-electron chi connectivity index (χ0n) is 9.52. The number of piperidine rings is 1. The van der Waals surface area contributed by atoms with Crippen LogP contribution in [0.4, 0.5) is 0 Å². The van der Waals surface area contributed by atoms with Crippen LogP contribution >= 0.6 is 0 Å². The molecule has 0 radical (unpaired) electrons. The number of nitrogens with two attached hydrogens (primary N) is 1. The van der Waals surface area contributed by atoms with Gasteiger partial charge in [0.2, 0.25) is 0 Å². The number of hydrogen-bond acceptors (Lipinski definition) is 4. The molecule has 0 aromatic heterocycles. The quantitative estimate of drug-likeness (QED) is 0.624. The molecule has 88 valence electrons. The van der Waals surface area contributed by atoms with E-state index in [9.17, 15) is 9.90 Å². The molecular formula is C10H21N3O2. The highest BCUT2D eigenvalue weighted by Crippen LogP contribution is 2.13. The van der Waals surface area contributed by atoms with Gasteiger partial charge in [-0.25, -0.2) is 0 Å². The second-order valence-corrected chi connectivity index (χ2v) is 4.26. The van der Waals surface area contributed by atoms with E-state index in [1.165, 1.54) is 0 Å². The lowest BCUT2D eigenvalue weighted by Gasteiger charge is -2.36. The van der Waals surface area contributed by atoms with Crippen molar-refractivity contribution < 1.29 is 9.90 Å². The van der Waals surface area contributed by atoms with Gasteiger partial charge in [0.1, 0.15) is 6.10 Å². The van der Waals surface area contributed by atoms with Crippen LogP contribution in [0.2, 0.25) is 0 Å². The molecule has 1 fully saturated rings. The number of likely N-dealkylation sites (tertiary alicyclic amines) is 1. The van der Waals surface area contributed by atoms with Gasteiger partial charge in [-0.2, -0.15) is 0 Å². The highest BCUT2D eigenvalue weighted by atomic mass is 16.3. The highest BCUT2D eigenvalue weighted by molar-refractivity contribution is 5.80. The molecule has 15 heavy (non-hydrogen) atoms. The van der Waals surface area contributed by atoms with E-state index in [0.717, 1.165) is 25.9 Å². The minimum atomic E-state index is -1.05. The molecule has 1 rings (SSSR count). The number of carbonyl (C=O) groups is 1. The number of amides is 1. The zero-order valence-corrected chi connectivity index (χ0v) is 9.52. The monoisotopic (exact) mass is 215 g/mol. The summed E-state index contributed by atoms with van der Waals surface area (Å²) in [7, 11) is 3.79. The Morgan fingerprint density at radius 2 is 2.40 bits per heavy atom. The smallest absolute Gasteiger partial charge is 0.252 e. The summed E-state index contributed by atoms with van der Waals surface area (Å²) in [4.78, 5) is 15.5. The zero-order chi connectivity index (χ0) is 11.4. The van der Waals surface area contributed by atoms with E-state index in [1.54, 1.807) is 11.9 Å². The van der Waals surface area contributed by atoms with E-state index in [0.29, 0.717) is 0 Å². The normalized spacial score (nSPS) is 24.9. The van der Waals surface area contributed by atoms with Crippen LogP contribution in [-0.4, -0.2) is 66.7 Å². The average molecular weight is 215 g/mol. The van der Waals surface area contributed by atoms with Crippen molar-refractivity contribution in [2.75, 3.05) is 33.7 Å². The van der Waals surface area contributed by atoms with Gasteiger partial charge in [-0.05, 0) is 26.4 Å². The summed E-state index contributed by atoms with van der Waals surface area (Å²) in [5.41, 5.74) is 5.26. The van der Waals surface area contributed by atoms with Crippen molar-refractivity contribution in [3.63, 3.8) is 0 Å². The Labute approximate surface area is 90.8 Å². The minimum Gasteiger partial charge on any atom is -0.382 e. The fraction of sp³-hybridized carbons (Fsp3) is 0.900. The SMILES string of the molecule is CN1CCCC(N(C)C(=O)C(O)CN)C1. The van der Waals surface area contributed by atoms with E-state index in [2.05, 4.69) is 4.90 Å². The molecule has 1 heterocycles. The lowest BCUT2D eigenvalue weighted by Crippen LogP contribution is -2.51. The summed E-state index contributed by atoms with van der Waals surface area (Å²) in [6.45, 7) is 1.95. The van der Waals surface area contributed by atoms with Crippen LogP contribution in [0.3, 0.4) is 0 Å². The summed E-state index contributed by atoms with van der Waals surface area (Å²) >= 11 is 0. The summed E-state index contributed by atoms with van der Waals surface area (Å²) in [6, 6.07) is 0.206. The number of rotatable bonds is 3. The van der Waals surface area contributed by atoms with E-state index in [1.807, 2.05) is 7.05 Å². The first-order valence-electron chi connectivity index (χ1n) is 5.39. The van der Waals surface area contributed by atoms with Crippen LogP contribution in [0, 0.1) is 0 Å². The lowest BCUT2D eigenvalue weighted by atomic mass is 10.0. The van der Waals surface area contributed by atoms with E-state index >= 15 is 0 Å². The van der Waals surface area contributed by atoms with Gasteiger partial charge < -0.3 is 20.6 Å². The predicted molar refractivity (Wildman–Crippen MR) is 58.4 cm³/mol. The molecule has 2 unspecified atom stereocenters. The Morgan fingerprint density at radius 3 is 2.93 bits per heavy atom. The van der Waals surface area contributed by atoms with E-state index in [-0.39, 0.29) is 18.5 Å². The third kappa shape index (κ3) is 3.15. The lowest BCUT2D eigenvalue weighted by molar-refractivity contribution is -0.141. The first-order valence-corrected chi connectivity index (χ1v) is 5.39. The standard InChI is InChI=1S/C10H21N3O2/c1-12-5-3-4-8(7-12)13(2)10(15)9(14)6-11/h8-9,14H,3-7,11H2,1-2H3. The van der Waals surface area contributed by atoms with Gasteiger partial charge in [0.05, 0.1) is 0 Å². The molecule has 0 spiro atoms. The number of aliphatic hydroxyl groups is 1. The largest absolute Gasteiger partial charge is 0.382 e. The fourth-order valence-electron chi connectivity index (χ4n) is 1.97. The molecule has 1 saturated heterocycles. The van der Waals surface area contributed by atoms with Gasteiger partial charge >= 0.3 is 0 Å². The van der Waals surface area contributed by atoms with Gasteiger partial charge in [0.15, 0.2) is 0 Å². The minimum absolute atomic E-state index is 0.00820. The maximum absolute atomic E-state index is 11.7. The van der Waals surface area contributed by atoms with Crippen molar-refractivity contribution in [3.05, 3.63) is 0 Å². The molecule has 0 aliphatic carbocycles. The van der Waals surface area contributed by atoms with Crippen molar-refractivity contribution in [2.45, 2.75) is 25.0 Å². The third-order valence-electron chi connectivity index (χ3n) is 3.00. The van der Waals surface area contributed by atoms with Gasteiger partial charge in [-0.15, -0.1) is 0 Å². The van der Waals surface area contributed by atoms with Gasteiger partial charge in [-0.1, -0.05) is 0 Å². The molecule has 5 nitrogen and oxygen atoms in total. The van der Waals surface area contributed by atoms with Crippen LogP contribution in [0.1, 0.15) is 12.8 Å². The molecule has 5 heteroatoms. The summed E-state index contributed by atoms with van der Waals surface area (Å²) < 4.78 is 0. The van der Waals surface area contributed by atoms with Crippen LogP contribution in [0.25, 0.3) is 0 Å². The molecule has 0 aromatic rings. The topological polar surface area (TPSA) is 69.8 Å². The van der Waals surface area contributed by atoms with Gasteiger partial charge in [0.25, 0.3) is 5.91 Å². The first kappa shape index (κ1) is 12.4. The number of carbonyl (C=O) groups excluding carboxylic acids is 1. The van der Waals surface area contributed by atoms with Crippen LogP contribution in [-0.2, 0) is 4.79 Å². The molecular weight excluding hydrogens is 194 g/mol. The predicted octanol–water partition coefficient (Wildman–Crippen LogP) is -1.14. The molecule has 1 amide bonds. The van der Waals surface area contributed by atoms with Crippen molar-refractivity contribution in [3.8, 4) is 0 Å². The maximum atomic E-state index is 11.7. The molecule has 0 bridgehead atoms. The van der Waals surface area contributed by atoms with Gasteiger partial charge in [-0.3, -0.25) is 4.79 Å². The Hall–Kier alpha value is -0.650. The molecule has 2 atom stereocenters. The van der Waals surface area contributed by atoms with Gasteiger partial charge in [0, 0.05) is 26.2 Å². The Kier molecular flexibility index (Phi) is 4.50. The summed E-state index contributed by atoms with van der Waals surface area (Å²) in [5, 5.41) is 9.36. The molecule has 0 saturated carbocycles. The second-order valence-electron chi connectivity index (χ2n) is 4.26. The summed E-state index contributed by atoms with van der Waals surface area (Å²) in [5.74, 6) is -0.266. The van der Waals surface area contributed by atoms with Crippen LogP contribution in [0.5, 0.6) is 0 Å². The second kappa shape index (κ2) is 5.44. The fourth-order valence-corrected chi connectivity index (χ4v) is 1.97. The third-order valence-corrected chi connectivity index (χ3v) is 3.00. The van der Waals surface area contributed by atoms with Crippen molar-refractivity contribution in [1.29, 1.82) is 0 Å². The Balaban J connectivity index is 2.51. The molecule has 0 aromatic carbocycles. The number of aliphatic hydroxyl groups excluding tert-OH is 1. The van der Waals surface area contributed by atoms with Crippen molar-refractivity contribution in [1.82, 2.24) is 9.80 Å². The van der Waals surface area contributed by atoms with Crippen LogP contribution in [0.15, 0.2) is 0 Å². The number of hydrogen-bond donors (Lipinski definition) is 2. The number of likely N-dealkylation sites (N-methyl/N-ethyl adjacent to an activating group) is 2. The Morgan fingerprint density at radius 1 is 1.73 bits per heavy atom. The van der Waals surface area contributed by atoms with Crippen molar-refractivity contribution >= 4 is 5.91 Å². The van der Waals surface area contributed by atoms with Crippen LogP contribution < -0.4 is 5.73 Å². The van der Waals surface area contributed by atoms with Crippen molar-refractivity contribution in [2.24, 2.45) is 5.73 Å². The molecule has 3 N–H and O–H groups in total. The first-order chi connectivity index (χ1) is 7.06.